The second-order valence-electron chi connectivity index (χ2n) is 7.69. The summed E-state index contributed by atoms with van der Waals surface area (Å²) in [6.07, 6.45) is 0.649. The molecule has 0 aliphatic carbocycles. The van der Waals surface area contributed by atoms with E-state index in [1.54, 1.807) is 22.8 Å². The summed E-state index contributed by atoms with van der Waals surface area (Å²) in [5.74, 6) is -0.413. The van der Waals surface area contributed by atoms with Gasteiger partial charge in [-0.25, -0.2) is 4.79 Å². The van der Waals surface area contributed by atoms with E-state index in [1.165, 1.54) is 0 Å². The highest BCUT2D eigenvalue weighted by Crippen LogP contribution is 2.38. The average molecular weight is 412 g/mol. The van der Waals surface area contributed by atoms with Gasteiger partial charge in [0.05, 0.1) is 18.8 Å². The van der Waals surface area contributed by atoms with Crippen molar-refractivity contribution >= 4 is 17.8 Å². The molecule has 4 amide bonds. The third-order valence-corrected chi connectivity index (χ3v) is 5.85. The van der Waals surface area contributed by atoms with Gasteiger partial charge in [-0.3, -0.25) is 14.5 Å². The van der Waals surface area contributed by atoms with Crippen LogP contribution < -0.4 is 0 Å². The molecule has 0 bridgehead atoms. The number of aliphatic hydroxyl groups is 1. The molecule has 9 heteroatoms. The Bertz CT molecular complexity index is 949. The summed E-state index contributed by atoms with van der Waals surface area (Å²) in [7, 11) is 0. The van der Waals surface area contributed by atoms with Crippen molar-refractivity contribution in [1.82, 2.24) is 19.9 Å². The molecule has 2 saturated heterocycles. The van der Waals surface area contributed by atoms with Gasteiger partial charge in [0.2, 0.25) is 5.76 Å². The van der Waals surface area contributed by atoms with Crippen LogP contribution in [0.5, 0.6) is 0 Å². The van der Waals surface area contributed by atoms with Crippen molar-refractivity contribution < 1.29 is 24.0 Å². The zero-order valence-electron chi connectivity index (χ0n) is 16.8. The molecule has 2 aliphatic heterocycles. The maximum absolute atomic E-state index is 13.3. The third kappa shape index (κ3) is 3.35. The van der Waals surface area contributed by atoms with Gasteiger partial charge in [0.25, 0.3) is 11.8 Å². The molecule has 0 unspecified atom stereocenters. The van der Waals surface area contributed by atoms with Crippen LogP contribution in [-0.2, 0) is 11.3 Å². The van der Waals surface area contributed by atoms with Gasteiger partial charge in [-0.2, -0.15) is 0 Å². The Morgan fingerprint density at radius 1 is 1.20 bits per heavy atom. The van der Waals surface area contributed by atoms with Gasteiger partial charge in [0.1, 0.15) is 5.54 Å². The lowest BCUT2D eigenvalue weighted by atomic mass is 9.85. The van der Waals surface area contributed by atoms with Crippen LogP contribution in [0.3, 0.4) is 0 Å². The first-order chi connectivity index (χ1) is 14.5. The molecule has 30 heavy (non-hydrogen) atoms. The number of aromatic nitrogens is 1. The number of urea groups is 1. The van der Waals surface area contributed by atoms with E-state index in [2.05, 4.69) is 5.16 Å². The van der Waals surface area contributed by atoms with E-state index in [-0.39, 0.29) is 30.7 Å². The smallest absolute Gasteiger partial charge is 0.328 e. The van der Waals surface area contributed by atoms with Crippen LogP contribution in [0.1, 0.15) is 34.7 Å². The second kappa shape index (κ2) is 7.91. The molecular weight excluding hydrogens is 388 g/mol. The van der Waals surface area contributed by atoms with Gasteiger partial charge in [-0.1, -0.05) is 35.5 Å². The Hall–Kier alpha value is -3.20. The second-order valence-corrected chi connectivity index (χ2v) is 7.69. The lowest BCUT2D eigenvalue weighted by Gasteiger charge is -2.42. The summed E-state index contributed by atoms with van der Waals surface area (Å²) >= 11 is 0. The van der Waals surface area contributed by atoms with Crippen molar-refractivity contribution in [2.45, 2.75) is 31.8 Å². The predicted octanol–water partition coefficient (Wildman–Crippen LogP) is 1.41. The van der Waals surface area contributed by atoms with E-state index in [4.69, 9.17) is 4.52 Å². The first-order valence-corrected chi connectivity index (χ1v) is 9.97. The summed E-state index contributed by atoms with van der Waals surface area (Å²) < 4.78 is 5.07. The van der Waals surface area contributed by atoms with Crippen LogP contribution in [0.2, 0.25) is 0 Å². The van der Waals surface area contributed by atoms with Crippen molar-refractivity contribution in [2.75, 3.05) is 26.2 Å². The number of amides is 4. The average Bonchev–Trinajstić information content (AvgIpc) is 3.27. The maximum Gasteiger partial charge on any atom is 0.328 e. The summed E-state index contributed by atoms with van der Waals surface area (Å²) in [6.45, 7) is 2.34. The van der Waals surface area contributed by atoms with Crippen LogP contribution in [0, 0.1) is 6.92 Å². The standard InChI is InChI=1S/C21H24N4O5/c1-15-13-17(30-22-15)18(27)23-9-7-21(8-10-23)19(28)24(11-12-26)20(29)25(21)14-16-5-3-2-4-6-16/h2-6,13,26H,7-12,14H2,1H3. The highest BCUT2D eigenvalue weighted by Gasteiger charge is 2.58. The maximum atomic E-state index is 13.3. The minimum atomic E-state index is -1.02. The number of imide groups is 1. The summed E-state index contributed by atoms with van der Waals surface area (Å²) in [5.41, 5.74) is 0.521. The SMILES string of the molecule is Cc1cc(C(=O)N2CCC3(CC2)C(=O)N(CCO)C(=O)N3Cc2ccccc2)on1. The van der Waals surface area contributed by atoms with Gasteiger partial charge in [-0.05, 0) is 25.3 Å². The Balaban J connectivity index is 1.57. The van der Waals surface area contributed by atoms with Gasteiger partial charge in [0.15, 0.2) is 0 Å². The van der Waals surface area contributed by atoms with Crippen LogP contribution in [0.15, 0.2) is 40.9 Å². The summed E-state index contributed by atoms with van der Waals surface area (Å²) in [5, 5.41) is 13.1. The minimum Gasteiger partial charge on any atom is -0.395 e. The molecule has 3 heterocycles. The minimum absolute atomic E-state index is 0.0370. The monoisotopic (exact) mass is 412 g/mol. The lowest BCUT2D eigenvalue weighted by molar-refractivity contribution is -0.135. The molecule has 9 nitrogen and oxygen atoms in total. The van der Waals surface area contributed by atoms with Gasteiger partial charge < -0.3 is 19.4 Å². The molecular formula is C21H24N4O5. The Morgan fingerprint density at radius 3 is 2.50 bits per heavy atom. The van der Waals surface area contributed by atoms with E-state index in [0.29, 0.717) is 38.2 Å². The summed E-state index contributed by atoms with van der Waals surface area (Å²) in [4.78, 5) is 43.3. The number of likely N-dealkylation sites (tertiary alicyclic amines) is 1. The molecule has 1 spiro atoms. The number of benzene rings is 1. The van der Waals surface area contributed by atoms with Crippen LogP contribution in [-0.4, -0.2) is 74.6 Å². The van der Waals surface area contributed by atoms with Crippen molar-refractivity contribution in [3.63, 3.8) is 0 Å². The predicted molar refractivity (Wildman–Crippen MR) is 105 cm³/mol. The molecule has 2 fully saturated rings. The van der Waals surface area contributed by atoms with Crippen molar-refractivity contribution in [2.24, 2.45) is 0 Å². The number of hydrogen-bond acceptors (Lipinski definition) is 6. The number of nitrogens with zero attached hydrogens (tertiary/aromatic N) is 4. The zero-order valence-corrected chi connectivity index (χ0v) is 16.8. The van der Waals surface area contributed by atoms with E-state index < -0.39 is 11.6 Å². The van der Waals surface area contributed by atoms with E-state index >= 15 is 0 Å². The topological polar surface area (TPSA) is 107 Å². The molecule has 1 aromatic carbocycles. The number of aliphatic hydroxyl groups excluding tert-OH is 1. The van der Waals surface area contributed by atoms with Gasteiger partial charge in [-0.15, -0.1) is 0 Å². The number of carbonyl (C=O) groups is 3. The highest BCUT2D eigenvalue weighted by atomic mass is 16.5. The quantitative estimate of drug-likeness (QED) is 0.744. The van der Waals surface area contributed by atoms with Gasteiger partial charge >= 0.3 is 6.03 Å². The molecule has 4 rings (SSSR count). The number of piperidine rings is 1. The molecule has 158 valence electrons. The van der Waals surface area contributed by atoms with E-state index in [1.807, 2.05) is 30.3 Å². The van der Waals surface area contributed by atoms with E-state index in [9.17, 15) is 19.5 Å². The Morgan fingerprint density at radius 2 is 1.90 bits per heavy atom. The number of rotatable bonds is 5. The first kappa shape index (κ1) is 20.1. The number of hydrogen-bond donors (Lipinski definition) is 1. The molecule has 1 N–H and O–H groups in total. The van der Waals surface area contributed by atoms with Crippen LogP contribution in [0.4, 0.5) is 4.79 Å². The fourth-order valence-corrected chi connectivity index (χ4v) is 4.25. The van der Waals surface area contributed by atoms with Gasteiger partial charge in [0, 0.05) is 25.7 Å². The van der Waals surface area contributed by atoms with Crippen molar-refractivity contribution in [1.29, 1.82) is 0 Å². The van der Waals surface area contributed by atoms with Crippen LogP contribution >= 0.6 is 0 Å². The van der Waals surface area contributed by atoms with Crippen LogP contribution in [0.25, 0.3) is 0 Å². The van der Waals surface area contributed by atoms with Crippen molar-refractivity contribution in [3.05, 3.63) is 53.4 Å². The number of carbonyl (C=O) groups excluding carboxylic acids is 3. The number of aryl methyl sites for hydroxylation is 1. The molecule has 1 aromatic heterocycles. The van der Waals surface area contributed by atoms with Crippen molar-refractivity contribution in [3.8, 4) is 0 Å². The Labute approximate surface area is 173 Å². The summed E-state index contributed by atoms with van der Waals surface area (Å²) in [6, 6.07) is 10.7. The lowest BCUT2D eigenvalue weighted by Crippen LogP contribution is -2.57. The first-order valence-electron chi connectivity index (χ1n) is 9.97. The zero-order chi connectivity index (χ0) is 21.3. The largest absolute Gasteiger partial charge is 0.395 e. The van der Waals surface area contributed by atoms with E-state index in [0.717, 1.165) is 10.5 Å². The normalized spacial score (nSPS) is 18.5. The molecule has 0 saturated carbocycles. The fourth-order valence-electron chi connectivity index (χ4n) is 4.25. The fraction of sp³-hybridized carbons (Fsp3) is 0.429. The Kier molecular flexibility index (Phi) is 5.29. The molecule has 2 aromatic rings. The number of β-amino-alcohol motifs (C(OH)–C–C–N with tert-alkyl or cyclic N) is 1. The molecule has 0 radical (unpaired) electrons. The highest BCUT2D eigenvalue weighted by molar-refractivity contribution is 6.07. The molecule has 2 aliphatic rings. The molecule has 0 atom stereocenters. The third-order valence-electron chi connectivity index (χ3n) is 5.85.